The van der Waals surface area contributed by atoms with E-state index >= 15 is 0 Å². The molecule has 1 aliphatic heterocycles. The fourth-order valence-corrected chi connectivity index (χ4v) is 4.13. The molecule has 9 nitrogen and oxygen atoms in total. The van der Waals surface area contributed by atoms with Gasteiger partial charge in [-0.1, -0.05) is 6.07 Å². The van der Waals surface area contributed by atoms with Gasteiger partial charge in [0.1, 0.15) is 10.7 Å². The Hall–Kier alpha value is -2.72. The summed E-state index contributed by atoms with van der Waals surface area (Å²) in [5.41, 5.74) is 0. The van der Waals surface area contributed by atoms with Crippen LogP contribution in [-0.4, -0.2) is 63.6 Å². The van der Waals surface area contributed by atoms with Crippen molar-refractivity contribution in [3.63, 3.8) is 0 Å². The Labute approximate surface area is 171 Å². The largest absolute Gasteiger partial charge is 0.356 e. The number of anilines is 1. The monoisotopic (exact) mass is 417 g/mol. The Kier molecular flexibility index (Phi) is 7.36. The fourth-order valence-electron chi connectivity index (χ4n) is 3.14. The number of nitrogens with one attached hydrogen (secondary N) is 3. The Bertz CT molecular complexity index is 883. The zero-order chi connectivity index (χ0) is 20.5. The van der Waals surface area contributed by atoms with Gasteiger partial charge in [-0.2, -0.15) is 0 Å². The minimum Gasteiger partial charge on any atom is -0.356 e. The van der Waals surface area contributed by atoms with Crippen LogP contribution in [0, 0.1) is 0 Å². The Morgan fingerprint density at radius 3 is 2.66 bits per heavy atom. The summed E-state index contributed by atoms with van der Waals surface area (Å²) in [6.07, 6.45) is 6.63. The summed E-state index contributed by atoms with van der Waals surface area (Å²) in [6, 6.07) is 9.37. The summed E-state index contributed by atoms with van der Waals surface area (Å²) in [5.74, 6) is 1.68. The van der Waals surface area contributed by atoms with Crippen LogP contribution in [-0.2, 0) is 10.0 Å². The van der Waals surface area contributed by atoms with Crippen molar-refractivity contribution in [1.29, 1.82) is 0 Å². The number of rotatable bonds is 7. The molecule has 156 valence electrons. The third-order valence-corrected chi connectivity index (χ3v) is 6.13. The van der Waals surface area contributed by atoms with Crippen molar-refractivity contribution in [3.8, 4) is 0 Å². The van der Waals surface area contributed by atoms with E-state index < -0.39 is 10.0 Å². The molecule has 2 aromatic rings. The standard InChI is InChI=1S/C19H27N7O2S/c1-20-19(23-11-12-24-29(27,28)17-5-4-9-21-15-17)25-16-7-13-26(14-8-16)18-6-2-3-10-22-18/h2-6,9-10,15-16,24H,7-8,11-14H2,1H3,(H2,20,23,25). The molecule has 10 heteroatoms. The normalized spacial score (nSPS) is 15.9. The number of guanidine groups is 1. The maximum atomic E-state index is 12.2. The molecule has 0 saturated carbocycles. The first-order valence-corrected chi connectivity index (χ1v) is 11.1. The quantitative estimate of drug-likeness (QED) is 0.343. The molecule has 0 atom stereocenters. The molecule has 0 radical (unpaired) electrons. The highest BCUT2D eigenvalue weighted by Gasteiger charge is 2.20. The molecular weight excluding hydrogens is 390 g/mol. The van der Waals surface area contributed by atoms with E-state index in [-0.39, 0.29) is 11.4 Å². The van der Waals surface area contributed by atoms with Crippen LogP contribution in [0.15, 0.2) is 58.8 Å². The summed E-state index contributed by atoms with van der Waals surface area (Å²) in [5, 5.41) is 6.57. The van der Waals surface area contributed by atoms with Gasteiger partial charge in [0.25, 0.3) is 0 Å². The van der Waals surface area contributed by atoms with E-state index in [1.165, 1.54) is 18.5 Å². The van der Waals surface area contributed by atoms with Gasteiger partial charge in [-0.15, -0.1) is 0 Å². The van der Waals surface area contributed by atoms with Crippen molar-refractivity contribution in [3.05, 3.63) is 48.9 Å². The molecular formula is C19H27N7O2S. The van der Waals surface area contributed by atoms with Gasteiger partial charge >= 0.3 is 0 Å². The predicted molar refractivity (Wildman–Crippen MR) is 113 cm³/mol. The lowest BCUT2D eigenvalue weighted by Crippen LogP contribution is -2.49. The Balaban J connectivity index is 1.39. The van der Waals surface area contributed by atoms with Gasteiger partial charge in [0.15, 0.2) is 5.96 Å². The van der Waals surface area contributed by atoms with Crippen LogP contribution >= 0.6 is 0 Å². The lowest BCUT2D eigenvalue weighted by atomic mass is 10.1. The highest BCUT2D eigenvalue weighted by atomic mass is 32.2. The number of hydrogen-bond donors (Lipinski definition) is 3. The highest BCUT2D eigenvalue weighted by molar-refractivity contribution is 7.89. The van der Waals surface area contributed by atoms with E-state index in [0.29, 0.717) is 18.5 Å². The van der Waals surface area contributed by atoms with Crippen LogP contribution < -0.4 is 20.3 Å². The van der Waals surface area contributed by atoms with E-state index in [1.54, 1.807) is 13.1 Å². The summed E-state index contributed by atoms with van der Waals surface area (Å²) >= 11 is 0. The smallest absolute Gasteiger partial charge is 0.242 e. The van der Waals surface area contributed by atoms with E-state index in [9.17, 15) is 8.42 Å². The van der Waals surface area contributed by atoms with Gasteiger partial charge in [-0.25, -0.2) is 18.1 Å². The zero-order valence-corrected chi connectivity index (χ0v) is 17.3. The van der Waals surface area contributed by atoms with Crippen LogP contribution in [0.3, 0.4) is 0 Å². The third kappa shape index (κ3) is 6.13. The minimum absolute atomic E-state index is 0.155. The maximum absolute atomic E-state index is 12.2. The van der Waals surface area contributed by atoms with Crippen LogP contribution in [0.4, 0.5) is 5.82 Å². The molecule has 0 bridgehead atoms. The average molecular weight is 418 g/mol. The molecule has 3 heterocycles. The molecule has 3 N–H and O–H groups in total. The molecule has 1 fully saturated rings. The van der Waals surface area contributed by atoms with E-state index in [2.05, 4.69) is 35.2 Å². The van der Waals surface area contributed by atoms with Gasteiger partial charge in [0.2, 0.25) is 10.0 Å². The van der Waals surface area contributed by atoms with Crippen molar-refractivity contribution in [1.82, 2.24) is 25.3 Å². The first-order valence-electron chi connectivity index (χ1n) is 9.61. The first kappa shape index (κ1) is 21.0. The van der Waals surface area contributed by atoms with Crippen LogP contribution in [0.2, 0.25) is 0 Å². The maximum Gasteiger partial charge on any atom is 0.242 e. The fraction of sp³-hybridized carbons (Fsp3) is 0.421. The van der Waals surface area contributed by atoms with Crippen molar-refractivity contribution in [2.24, 2.45) is 4.99 Å². The van der Waals surface area contributed by atoms with Gasteiger partial charge in [0.05, 0.1) is 0 Å². The predicted octanol–water partition coefficient (Wildman–Crippen LogP) is 0.589. The first-order chi connectivity index (χ1) is 14.1. The number of sulfonamides is 1. The van der Waals surface area contributed by atoms with Gasteiger partial charge < -0.3 is 15.5 Å². The number of pyridine rings is 2. The SMILES string of the molecule is CN=C(NCCNS(=O)(=O)c1cccnc1)NC1CCN(c2ccccn2)CC1. The summed E-state index contributed by atoms with van der Waals surface area (Å²) < 4.78 is 26.9. The topological polar surface area (TPSA) is 112 Å². The van der Waals surface area contributed by atoms with Gasteiger partial charge in [0, 0.05) is 57.9 Å². The molecule has 1 saturated heterocycles. The third-order valence-electron chi connectivity index (χ3n) is 4.69. The number of hydrogen-bond acceptors (Lipinski definition) is 6. The van der Waals surface area contributed by atoms with Crippen molar-refractivity contribution in [2.45, 2.75) is 23.8 Å². The molecule has 1 aliphatic rings. The molecule has 0 unspecified atom stereocenters. The molecule has 0 amide bonds. The van der Waals surface area contributed by atoms with Crippen LogP contribution in [0.5, 0.6) is 0 Å². The second-order valence-corrected chi connectivity index (χ2v) is 8.45. The van der Waals surface area contributed by atoms with Crippen molar-refractivity contribution >= 4 is 21.8 Å². The van der Waals surface area contributed by atoms with Gasteiger partial charge in [-0.3, -0.25) is 9.98 Å². The van der Waals surface area contributed by atoms with Gasteiger partial charge in [-0.05, 0) is 37.1 Å². The number of nitrogens with zero attached hydrogens (tertiary/aromatic N) is 4. The summed E-state index contributed by atoms with van der Waals surface area (Å²) in [4.78, 5) is 14.9. The van der Waals surface area contributed by atoms with Crippen LogP contribution in [0.25, 0.3) is 0 Å². The summed E-state index contributed by atoms with van der Waals surface area (Å²) in [7, 11) is -1.84. The minimum atomic E-state index is -3.55. The molecule has 0 spiro atoms. The Morgan fingerprint density at radius 1 is 1.17 bits per heavy atom. The molecule has 2 aromatic heterocycles. The van der Waals surface area contributed by atoms with Crippen LogP contribution in [0.1, 0.15) is 12.8 Å². The Morgan fingerprint density at radius 2 is 2.00 bits per heavy atom. The second kappa shape index (κ2) is 10.2. The molecule has 0 aromatic carbocycles. The lowest BCUT2D eigenvalue weighted by Gasteiger charge is -2.33. The van der Waals surface area contributed by atoms with Crippen molar-refractivity contribution < 1.29 is 8.42 Å². The van der Waals surface area contributed by atoms with E-state index in [4.69, 9.17) is 0 Å². The molecule has 3 rings (SSSR count). The lowest BCUT2D eigenvalue weighted by molar-refractivity contribution is 0.459. The number of aromatic nitrogens is 2. The number of aliphatic imine (C=N–C) groups is 1. The van der Waals surface area contributed by atoms with E-state index in [1.807, 2.05) is 24.4 Å². The average Bonchev–Trinajstić information content (AvgIpc) is 2.77. The second-order valence-electron chi connectivity index (χ2n) is 6.68. The van der Waals surface area contributed by atoms with E-state index in [0.717, 1.165) is 31.7 Å². The van der Waals surface area contributed by atoms with Crippen molar-refractivity contribution in [2.75, 3.05) is 38.1 Å². The molecule has 29 heavy (non-hydrogen) atoms. The molecule has 0 aliphatic carbocycles. The zero-order valence-electron chi connectivity index (χ0n) is 16.5. The number of piperidine rings is 1. The summed E-state index contributed by atoms with van der Waals surface area (Å²) in [6.45, 7) is 2.52. The highest BCUT2D eigenvalue weighted by Crippen LogP contribution is 2.17.